The summed E-state index contributed by atoms with van der Waals surface area (Å²) in [6.45, 7) is 6.27. The van der Waals surface area contributed by atoms with Crippen LogP contribution in [-0.2, 0) is 11.3 Å². The van der Waals surface area contributed by atoms with Crippen LogP contribution >= 0.6 is 0 Å². The highest BCUT2D eigenvalue weighted by Crippen LogP contribution is 2.27. The van der Waals surface area contributed by atoms with Crippen molar-refractivity contribution in [2.45, 2.75) is 13.5 Å². The number of fused-ring (bicyclic) bond motifs is 1. The number of morpholine rings is 1. The summed E-state index contributed by atoms with van der Waals surface area (Å²) < 4.78 is 21.4. The van der Waals surface area contributed by atoms with Gasteiger partial charge in [0.25, 0.3) is 0 Å². The maximum Gasteiger partial charge on any atom is 0.323 e. The molecule has 0 unspecified atom stereocenters. The van der Waals surface area contributed by atoms with Gasteiger partial charge in [-0.2, -0.15) is 0 Å². The molecule has 0 aliphatic carbocycles. The topological polar surface area (TPSA) is 127 Å². The van der Waals surface area contributed by atoms with Crippen molar-refractivity contribution in [3.63, 3.8) is 0 Å². The summed E-state index contributed by atoms with van der Waals surface area (Å²) in [6, 6.07) is 10.4. The van der Waals surface area contributed by atoms with Gasteiger partial charge >= 0.3 is 6.03 Å². The van der Waals surface area contributed by atoms with E-state index in [1.807, 2.05) is 4.57 Å². The van der Waals surface area contributed by atoms with Gasteiger partial charge in [-0.3, -0.25) is 9.69 Å². The number of hydrogen-bond donors (Lipinski definition) is 3. The number of amides is 2. The lowest BCUT2D eigenvalue weighted by molar-refractivity contribution is 0.0365. The van der Waals surface area contributed by atoms with Crippen molar-refractivity contribution in [3.8, 4) is 0 Å². The van der Waals surface area contributed by atoms with Crippen molar-refractivity contribution in [2.24, 2.45) is 0 Å². The fourth-order valence-corrected chi connectivity index (χ4v) is 4.46. The minimum absolute atomic E-state index is 0.0562. The molecule has 0 saturated carbocycles. The second-order valence-electron chi connectivity index (χ2n) is 9.12. The SMILES string of the molecule is Cc1ccc(NC(=O)Nc2cccc(C(=O)c3cn(CCN4CCOCC4)c4ncnc(N)c34)c2)c(F)c1. The summed E-state index contributed by atoms with van der Waals surface area (Å²) in [7, 11) is 0. The zero-order valence-corrected chi connectivity index (χ0v) is 20.9. The average Bonchev–Trinajstić information content (AvgIpc) is 3.29. The van der Waals surface area contributed by atoms with Gasteiger partial charge in [0, 0.05) is 43.6 Å². The first kappa shape index (κ1) is 25.3. The summed E-state index contributed by atoms with van der Waals surface area (Å²) in [5.74, 6) is -0.596. The predicted octanol–water partition coefficient (Wildman–Crippen LogP) is 3.67. The van der Waals surface area contributed by atoms with Gasteiger partial charge in [0.1, 0.15) is 23.6 Å². The Labute approximate surface area is 218 Å². The average molecular weight is 518 g/mol. The maximum atomic E-state index is 14.1. The van der Waals surface area contributed by atoms with E-state index in [1.54, 1.807) is 43.5 Å². The Kier molecular flexibility index (Phi) is 7.29. The lowest BCUT2D eigenvalue weighted by Gasteiger charge is -2.26. The van der Waals surface area contributed by atoms with Crippen LogP contribution < -0.4 is 16.4 Å². The smallest absolute Gasteiger partial charge is 0.323 e. The number of halogens is 1. The van der Waals surface area contributed by atoms with Gasteiger partial charge in [-0.1, -0.05) is 18.2 Å². The number of ether oxygens (including phenoxy) is 1. The van der Waals surface area contributed by atoms with E-state index < -0.39 is 11.8 Å². The fraction of sp³-hybridized carbons (Fsp3) is 0.259. The molecule has 2 aromatic heterocycles. The summed E-state index contributed by atoms with van der Waals surface area (Å²) >= 11 is 0. The van der Waals surface area contributed by atoms with Crippen LogP contribution in [0.15, 0.2) is 55.0 Å². The van der Waals surface area contributed by atoms with Gasteiger partial charge in [0.05, 0.1) is 29.9 Å². The van der Waals surface area contributed by atoms with Gasteiger partial charge in [-0.05, 0) is 36.8 Å². The zero-order valence-electron chi connectivity index (χ0n) is 20.9. The highest BCUT2D eigenvalue weighted by Gasteiger charge is 2.21. The molecule has 4 N–H and O–H groups in total. The van der Waals surface area contributed by atoms with Crippen LogP contribution in [0.2, 0.25) is 0 Å². The number of nitrogens with two attached hydrogens (primary N) is 1. The maximum absolute atomic E-state index is 14.1. The van der Waals surface area contributed by atoms with Crippen molar-refractivity contribution >= 4 is 40.0 Å². The van der Waals surface area contributed by atoms with Crippen LogP contribution in [-0.4, -0.2) is 64.1 Å². The molecule has 38 heavy (non-hydrogen) atoms. The van der Waals surface area contributed by atoms with Gasteiger partial charge < -0.3 is 25.7 Å². The van der Waals surface area contributed by atoms with Crippen molar-refractivity contribution < 1.29 is 18.7 Å². The minimum Gasteiger partial charge on any atom is -0.383 e. The summed E-state index contributed by atoms with van der Waals surface area (Å²) in [5, 5.41) is 5.63. The number of aromatic nitrogens is 3. The number of ketones is 1. The molecule has 5 rings (SSSR count). The van der Waals surface area contributed by atoms with Crippen molar-refractivity contribution in [2.75, 3.05) is 49.2 Å². The number of aryl methyl sites for hydroxylation is 1. The van der Waals surface area contributed by atoms with Crippen molar-refractivity contribution in [1.82, 2.24) is 19.4 Å². The number of rotatable bonds is 7. The molecule has 0 radical (unpaired) electrons. The molecule has 1 aliphatic heterocycles. The molecule has 11 heteroatoms. The van der Waals surface area contributed by atoms with E-state index in [1.165, 1.54) is 18.5 Å². The third kappa shape index (κ3) is 5.48. The van der Waals surface area contributed by atoms with E-state index in [2.05, 4.69) is 25.5 Å². The van der Waals surface area contributed by atoms with Crippen LogP contribution in [0.25, 0.3) is 11.0 Å². The van der Waals surface area contributed by atoms with E-state index in [0.717, 1.165) is 25.2 Å². The molecular formula is C27H28FN7O3. The minimum atomic E-state index is -0.630. The van der Waals surface area contributed by atoms with Gasteiger partial charge in [0.15, 0.2) is 5.78 Å². The van der Waals surface area contributed by atoms with Crippen LogP contribution in [0.3, 0.4) is 0 Å². The standard InChI is InChI=1S/C27H28FN7O3/c1-17-5-6-22(21(28)13-17)33-27(37)32-19-4-2-3-18(14-19)24(36)20-15-35(8-7-34-9-11-38-12-10-34)26-23(20)25(29)30-16-31-26/h2-6,13-16H,7-12H2,1H3,(H2,29,30,31)(H2,32,33,37). The van der Waals surface area contributed by atoms with E-state index in [4.69, 9.17) is 10.5 Å². The summed E-state index contributed by atoms with van der Waals surface area (Å²) in [6.07, 6.45) is 3.14. The normalized spacial score (nSPS) is 13.9. The Hall–Kier alpha value is -4.35. The van der Waals surface area contributed by atoms with E-state index in [9.17, 15) is 14.0 Å². The molecular weight excluding hydrogens is 489 g/mol. The molecule has 1 fully saturated rings. The van der Waals surface area contributed by atoms with E-state index in [-0.39, 0.29) is 17.3 Å². The van der Waals surface area contributed by atoms with Crippen molar-refractivity contribution in [3.05, 3.63) is 77.5 Å². The number of hydrogen-bond acceptors (Lipinski definition) is 7. The molecule has 1 saturated heterocycles. The number of nitrogens with one attached hydrogen (secondary N) is 2. The van der Waals surface area contributed by atoms with E-state index in [0.29, 0.717) is 47.6 Å². The molecule has 2 aromatic carbocycles. The number of nitrogens with zero attached hydrogens (tertiary/aromatic N) is 4. The zero-order chi connectivity index (χ0) is 26.6. The molecule has 0 spiro atoms. The number of urea groups is 1. The lowest BCUT2D eigenvalue weighted by atomic mass is 10.0. The lowest BCUT2D eigenvalue weighted by Crippen LogP contribution is -2.38. The highest BCUT2D eigenvalue weighted by molar-refractivity contribution is 6.18. The third-order valence-electron chi connectivity index (χ3n) is 6.44. The highest BCUT2D eigenvalue weighted by atomic mass is 19.1. The second kappa shape index (κ2) is 11.0. The van der Waals surface area contributed by atoms with Crippen molar-refractivity contribution in [1.29, 1.82) is 0 Å². The number of carbonyl (C=O) groups excluding carboxylic acids is 2. The number of nitrogen functional groups attached to an aromatic ring is 1. The number of carbonyl (C=O) groups is 2. The molecule has 0 bridgehead atoms. The molecule has 0 atom stereocenters. The van der Waals surface area contributed by atoms with E-state index >= 15 is 0 Å². The molecule has 2 amide bonds. The van der Waals surface area contributed by atoms with Gasteiger partial charge in [0.2, 0.25) is 0 Å². The van der Waals surface area contributed by atoms with Crippen LogP contribution in [0.5, 0.6) is 0 Å². The monoisotopic (exact) mass is 517 g/mol. The Bertz CT molecular complexity index is 1500. The molecule has 196 valence electrons. The van der Waals surface area contributed by atoms with Crippen LogP contribution in [0.1, 0.15) is 21.5 Å². The molecule has 1 aliphatic rings. The van der Waals surface area contributed by atoms with Gasteiger partial charge in [-0.15, -0.1) is 0 Å². The summed E-state index contributed by atoms with van der Waals surface area (Å²) in [4.78, 5) is 36.9. The summed E-state index contributed by atoms with van der Waals surface area (Å²) in [5.41, 5.74) is 8.66. The first-order chi connectivity index (χ1) is 18.4. The quantitative estimate of drug-likeness (QED) is 0.319. The van der Waals surface area contributed by atoms with Crippen LogP contribution in [0.4, 0.5) is 26.4 Å². The predicted molar refractivity (Wildman–Crippen MR) is 143 cm³/mol. The fourth-order valence-electron chi connectivity index (χ4n) is 4.46. The molecule has 4 aromatic rings. The number of anilines is 3. The van der Waals surface area contributed by atoms with Gasteiger partial charge in [-0.25, -0.2) is 19.2 Å². The number of benzene rings is 2. The van der Waals surface area contributed by atoms with Crippen LogP contribution in [0, 0.1) is 12.7 Å². The Morgan fingerprint density at radius 3 is 2.68 bits per heavy atom. The molecule has 3 heterocycles. The third-order valence-corrected chi connectivity index (χ3v) is 6.44. The Balaban J connectivity index is 1.36. The first-order valence-electron chi connectivity index (χ1n) is 12.3. The molecule has 10 nitrogen and oxygen atoms in total. The Morgan fingerprint density at radius 2 is 1.89 bits per heavy atom. The largest absolute Gasteiger partial charge is 0.383 e. The Morgan fingerprint density at radius 1 is 1.08 bits per heavy atom. The first-order valence-corrected chi connectivity index (χ1v) is 12.3. The second-order valence-corrected chi connectivity index (χ2v) is 9.12.